The van der Waals surface area contributed by atoms with Crippen molar-refractivity contribution in [1.82, 2.24) is 0 Å². The average molecular weight is 301 g/mol. The summed E-state index contributed by atoms with van der Waals surface area (Å²) in [7, 11) is 0. The van der Waals surface area contributed by atoms with Gasteiger partial charge in [-0.05, 0) is 49.6 Å². The van der Waals surface area contributed by atoms with Crippen LogP contribution in [0.2, 0.25) is 0 Å². The molecule has 5 heteroatoms. The summed E-state index contributed by atoms with van der Waals surface area (Å²) in [5.41, 5.74) is 0.993. The van der Waals surface area contributed by atoms with E-state index in [0.29, 0.717) is 24.1 Å². The molecule has 1 aliphatic rings. The van der Waals surface area contributed by atoms with Crippen molar-refractivity contribution >= 4 is 23.3 Å². The number of ether oxygens (including phenoxy) is 1. The van der Waals surface area contributed by atoms with E-state index in [0.717, 1.165) is 12.8 Å². The molecule has 116 valence electrons. The van der Waals surface area contributed by atoms with Crippen LogP contribution in [0.5, 0.6) is 0 Å². The Morgan fingerprint density at radius 3 is 2.64 bits per heavy atom. The van der Waals surface area contributed by atoms with Gasteiger partial charge in [0.1, 0.15) is 5.78 Å². The molecule has 1 aromatic rings. The summed E-state index contributed by atoms with van der Waals surface area (Å²) in [4.78, 5) is 34.5. The predicted octanol–water partition coefficient (Wildman–Crippen LogP) is 2.73. The zero-order chi connectivity index (χ0) is 15.9. The first kappa shape index (κ1) is 15.9. The summed E-state index contributed by atoms with van der Waals surface area (Å²) in [5, 5.41) is 2.60. The lowest BCUT2D eigenvalue weighted by Crippen LogP contribution is -2.13. The molecule has 2 rings (SSSR count). The van der Waals surface area contributed by atoms with Crippen LogP contribution in [0.15, 0.2) is 36.9 Å². The van der Waals surface area contributed by atoms with Crippen molar-refractivity contribution in [3.05, 3.63) is 42.5 Å². The van der Waals surface area contributed by atoms with Crippen molar-refractivity contribution in [2.24, 2.45) is 5.92 Å². The fourth-order valence-electron chi connectivity index (χ4n) is 2.45. The maximum absolute atomic E-state index is 11.9. The van der Waals surface area contributed by atoms with Crippen LogP contribution in [0.4, 0.5) is 5.69 Å². The Kier molecular flexibility index (Phi) is 5.47. The number of ketones is 1. The van der Waals surface area contributed by atoms with Crippen LogP contribution >= 0.6 is 0 Å². The molecular weight excluding hydrogens is 282 g/mol. The molecule has 22 heavy (non-hydrogen) atoms. The van der Waals surface area contributed by atoms with E-state index in [1.54, 1.807) is 24.3 Å². The number of rotatable bonds is 6. The number of anilines is 1. The van der Waals surface area contributed by atoms with Crippen LogP contribution in [0, 0.1) is 5.92 Å². The molecule has 0 bridgehead atoms. The van der Waals surface area contributed by atoms with Crippen LogP contribution < -0.4 is 5.32 Å². The molecule has 0 spiro atoms. The number of carbonyl (C=O) groups excluding carboxylic acids is 3. The van der Waals surface area contributed by atoms with Crippen LogP contribution in [0.3, 0.4) is 0 Å². The van der Waals surface area contributed by atoms with E-state index in [1.165, 1.54) is 6.08 Å². The third-order valence-corrected chi connectivity index (χ3v) is 3.70. The second-order valence-corrected chi connectivity index (χ2v) is 5.25. The molecule has 1 saturated carbocycles. The number of Topliss-reactive ketones (excluding diaryl/α,β-unsaturated/α-hetero) is 1. The standard InChI is InChI=1S/C17H19NO4/c1-2-16(20)18-14-8-6-13(7-9-14)17(21)22-11-10-12-4-3-5-15(12)19/h2,6-9,12H,1,3-5,10-11H2,(H,18,20). The third kappa shape index (κ3) is 4.28. The van der Waals surface area contributed by atoms with E-state index >= 15 is 0 Å². The first-order valence-corrected chi connectivity index (χ1v) is 7.33. The molecule has 0 aromatic heterocycles. The van der Waals surface area contributed by atoms with Gasteiger partial charge in [-0.1, -0.05) is 6.58 Å². The van der Waals surface area contributed by atoms with E-state index in [1.807, 2.05) is 0 Å². The van der Waals surface area contributed by atoms with Crippen LogP contribution in [0.25, 0.3) is 0 Å². The second-order valence-electron chi connectivity index (χ2n) is 5.25. The number of benzene rings is 1. The third-order valence-electron chi connectivity index (χ3n) is 3.70. The molecule has 1 unspecified atom stereocenters. The Balaban J connectivity index is 1.80. The van der Waals surface area contributed by atoms with Crippen molar-refractivity contribution < 1.29 is 19.1 Å². The number of hydrogen-bond donors (Lipinski definition) is 1. The maximum atomic E-state index is 11.9. The van der Waals surface area contributed by atoms with Crippen LogP contribution in [0.1, 0.15) is 36.0 Å². The Labute approximate surface area is 129 Å². The van der Waals surface area contributed by atoms with Crippen LogP contribution in [-0.2, 0) is 14.3 Å². The van der Waals surface area contributed by atoms with Gasteiger partial charge in [-0.3, -0.25) is 9.59 Å². The van der Waals surface area contributed by atoms with Gasteiger partial charge in [-0.2, -0.15) is 0 Å². The van der Waals surface area contributed by atoms with Crippen molar-refractivity contribution in [2.75, 3.05) is 11.9 Å². The fraction of sp³-hybridized carbons (Fsp3) is 0.353. The molecule has 0 saturated heterocycles. The molecule has 5 nitrogen and oxygen atoms in total. The molecule has 0 aliphatic heterocycles. The minimum atomic E-state index is -0.424. The number of hydrogen-bond acceptors (Lipinski definition) is 4. The highest BCUT2D eigenvalue weighted by molar-refractivity contribution is 5.99. The van der Waals surface area contributed by atoms with E-state index in [9.17, 15) is 14.4 Å². The molecule has 0 radical (unpaired) electrons. The highest BCUT2D eigenvalue weighted by atomic mass is 16.5. The molecule has 1 amide bonds. The van der Waals surface area contributed by atoms with Crippen molar-refractivity contribution in [3.63, 3.8) is 0 Å². The van der Waals surface area contributed by atoms with Crippen molar-refractivity contribution in [3.8, 4) is 0 Å². The lowest BCUT2D eigenvalue weighted by molar-refractivity contribution is -0.121. The topological polar surface area (TPSA) is 72.5 Å². The predicted molar refractivity (Wildman–Crippen MR) is 82.5 cm³/mol. The van der Waals surface area contributed by atoms with Gasteiger partial charge in [0.05, 0.1) is 12.2 Å². The highest BCUT2D eigenvalue weighted by Crippen LogP contribution is 2.24. The zero-order valence-electron chi connectivity index (χ0n) is 12.3. The Morgan fingerprint density at radius 1 is 1.32 bits per heavy atom. The van der Waals surface area contributed by atoms with E-state index in [2.05, 4.69) is 11.9 Å². The molecule has 1 N–H and O–H groups in total. The molecular formula is C17H19NO4. The summed E-state index contributed by atoms with van der Waals surface area (Å²) in [6, 6.07) is 6.42. The lowest BCUT2D eigenvalue weighted by Gasteiger charge is -2.09. The summed E-state index contributed by atoms with van der Waals surface area (Å²) < 4.78 is 5.19. The minimum Gasteiger partial charge on any atom is -0.462 e. The Bertz CT molecular complexity index is 577. The minimum absolute atomic E-state index is 0.0456. The zero-order valence-corrected chi connectivity index (χ0v) is 12.3. The largest absolute Gasteiger partial charge is 0.462 e. The van der Waals surface area contributed by atoms with Gasteiger partial charge in [-0.15, -0.1) is 0 Å². The number of amides is 1. The van der Waals surface area contributed by atoms with Gasteiger partial charge in [-0.25, -0.2) is 4.79 Å². The molecule has 1 aliphatic carbocycles. The van der Waals surface area contributed by atoms with Gasteiger partial charge >= 0.3 is 5.97 Å². The normalized spacial score (nSPS) is 17.1. The second kappa shape index (κ2) is 7.54. The first-order chi connectivity index (χ1) is 10.6. The highest BCUT2D eigenvalue weighted by Gasteiger charge is 2.24. The SMILES string of the molecule is C=CC(=O)Nc1ccc(C(=O)OCCC2CCCC2=O)cc1. The smallest absolute Gasteiger partial charge is 0.338 e. The number of carbonyl (C=O) groups is 3. The summed E-state index contributed by atoms with van der Waals surface area (Å²) in [5.74, 6) is -0.411. The Morgan fingerprint density at radius 2 is 2.05 bits per heavy atom. The summed E-state index contributed by atoms with van der Waals surface area (Å²) in [6.45, 7) is 3.62. The number of esters is 1. The fourth-order valence-corrected chi connectivity index (χ4v) is 2.45. The van der Waals surface area contributed by atoms with E-state index in [4.69, 9.17) is 4.74 Å². The average Bonchev–Trinajstić information content (AvgIpc) is 2.93. The van der Waals surface area contributed by atoms with Gasteiger partial charge in [0.2, 0.25) is 5.91 Å². The van der Waals surface area contributed by atoms with E-state index < -0.39 is 5.97 Å². The summed E-state index contributed by atoms with van der Waals surface area (Å²) in [6.07, 6.45) is 4.25. The molecule has 1 aromatic carbocycles. The lowest BCUT2D eigenvalue weighted by atomic mass is 10.0. The van der Waals surface area contributed by atoms with Crippen molar-refractivity contribution in [1.29, 1.82) is 0 Å². The van der Waals surface area contributed by atoms with E-state index in [-0.39, 0.29) is 24.2 Å². The molecule has 1 fully saturated rings. The molecule has 0 heterocycles. The van der Waals surface area contributed by atoms with Gasteiger partial charge in [0.15, 0.2) is 0 Å². The number of nitrogens with one attached hydrogen (secondary N) is 1. The molecule has 1 atom stereocenters. The van der Waals surface area contributed by atoms with Gasteiger partial charge < -0.3 is 10.1 Å². The Hall–Kier alpha value is -2.43. The van der Waals surface area contributed by atoms with Crippen molar-refractivity contribution in [2.45, 2.75) is 25.7 Å². The van der Waals surface area contributed by atoms with Gasteiger partial charge in [0.25, 0.3) is 0 Å². The maximum Gasteiger partial charge on any atom is 0.338 e. The van der Waals surface area contributed by atoms with Gasteiger partial charge in [0, 0.05) is 18.0 Å². The first-order valence-electron chi connectivity index (χ1n) is 7.33. The monoisotopic (exact) mass is 301 g/mol. The van der Waals surface area contributed by atoms with Crippen LogP contribution in [-0.4, -0.2) is 24.3 Å². The quantitative estimate of drug-likeness (QED) is 0.647. The summed E-state index contributed by atoms with van der Waals surface area (Å²) >= 11 is 0.